The van der Waals surface area contributed by atoms with E-state index in [1.807, 2.05) is 0 Å². The average molecular weight is 242 g/mol. The third-order valence-corrected chi connectivity index (χ3v) is 3.81. The molecule has 1 N–H and O–H groups in total. The molecule has 0 amide bonds. The lowest BCUT2D eigenvalue weighted by atomic mass is 10.1. The van der Waals surface area contributed by atoms with Gasteiger partial charge in [0.25, 0.3) is 0 Å². The predicted molar refractivity (Wildman–Crippen MR) is 68.9 cm³/mol. The van der Waals surface area contributed by atoms with Gasteiger partial charge in [-0.15, -0.1) is 11.3 Å². The molecular formula is C12H22N2OS. The summed E-state index contributed by atoms with van der Waals surface area (Å²) in [6, 6.07) is 0.398. The molecule has 0 saturated heterocycles. The molecule has 92 valence electrons. The maximum absolute atomic E-state index is 5.20. The third kappa shape index (κ3) is 3.85. The summed E-state index contributed by atoms with van der Waals surface area (Å²) in [4.78, 5) is 5.83. The quantitative estimate of drug-likeness (QED) is 0.832. The van der Waals surface area contributed by atoms with Gasteiger partial charge in [0.15, 0.2) is 0 Å². The third-order valence-electron chi connectivity index (χ3n) is 2.74. The zero-order valence-corrected chi connectivity index (χ0v) is 11.6. The molecule has 1 aromatic heterocycles. The Bertz CT molecular complexity index is 303. The van der Waals surface area contributed by atoms with Crippen LogP contribution in [0.25, 0.3) is 0 Å². The SMILES string of the molecule is COCC(NCc1nc(C)c(C)s1)C(C)C. The minimum atomic E-state index is 0.398. The number of nitrogens with one attached hydrogen (secondary N) is 1. The van der Waals surface area contributed by atoms with Crippen molar-refractivity contribution in [2.24, 2.45) is 5.92 Å². The molecule has 1 unspecified atom stereocenters. The van der Waals surface area contributed by atoms with Gasteiger partial charge in [-0.2, -0.15) is 0 Å². The van der Waals surface area contributed by atoms with Crippen molar-refractivity contribution in [2.45, 2.75) is 40.3 Å². The lowest BCUT2D eigenvalue weighted by molar-refractivity contribution is 0.146. The molecule has 0 saturated carbocycles. The fourth-order valence-electron chi connectivity index (χ4n) is 1.50. The first kappa shape index (κ1) is 13.6. The Morgan fingerprint density at radius 2 is 2.06 bits per heavy atom. The van der Waals surface area contributed by atoms with Crippen molar-refractivity contribution in [2.75, 3.05) is 13.7 Å². The molecule has 0 fully saturated rings. The lowest BCUT2D eigenvalue weighted by Gasteiger charge is -2.20. The van der Waals surface area contributed by atoms with E-state index < -0.39 is 0 Å². The molecule has 0 aliphatic carbocycles. The van der Waals surface area contributed by atoms with Gasteiger partial charge in [0.1, 0.15) is 5.01 Å². The summed E-state index contributed by atoms with van der Waals surface area (Å²) < 4.78 is 5.20. The van der Waals surface area contributed by atoms with Gasteiger partial charge < -0.3 is 10.1 Å². The second-order valence-corrected chi connectivity index (χ2v) is 5.72. The standard InChI is InChI=1S/C12H22N2OS/c1-8(2)11(7-15-5)13-6-12-14-9(3)10(4)16-12/h8,11,13H,6-7H2,1-5H3. The van der Waals surface area contributed by atoms with Gasteiger partial charge >= 0.3 is 0 Å². The summed E-state index contributed by atoms with van der Waals surface area (Å²) in [5.74, 6) is 0.571. The molecule has 1 atom stereocenters. The molecule has 0 spiro atoms. The number of methoxy groups -OCH3 is 1. The van der Waals surface area contributed by atoms with E-state index in [1.54, 1.807) is 18.4 Å². The number of rotatable bonds is 6. The Balaban J connectivity index is 2.48. The van der Waals surface area contributed by atoms with Gasteiger partial charge in [-0.3, -0.25) is 0 Å². The molecule has 0 radical (unpaired) electrons. The molecule has 1 heterocycles. The van der Waals surface area contributed by atoms with Crippen LogP contribution in [0.15, 0.2) is 0 Å². The van der Waals surface area contributed by atoms with Crippen molar-refractivity contribution in [1.82, 2.24) is 10.3 Å². The van der Waals surface area contributed by atoms with E-state index in [-0.39, 0.29) is 0 Å². The highest BCUT2D eigenvalue weighted by Crippen LogP contribution is 2.16. The molecule has 0 aliphatic heterocycles. The molecule has 0 bridgehead atoms. The van der Waals surface area contributed by atoms with E-state index >= 15 is 0 Å². The average Bonchev–Trinajstić information content (AvgIpc) is 2.53. The highest BCUT2D eigenvalue weighted by atomic mass is 32.1. The predicted octanol–water partition coefficient (Wildman–Crippen LogP) is 2.52. The van der Waals surface area contributed by atoms with Crippen LogP contribution in [0.3, 0.4) is 0 Å². The number of ether oxygens (including phenoxy) is 1. The number of hydrogen-bond donors (Lipinski definition) is 1. The molecule has 1 rings (SSSR count). The van der Waals surface area contributed by atoms with Crippen LogP contribution in [0.5, 0.6) is 0 Å². The number of aromatic nitrogens is 1. The summed E-state index contributed by atoms with van der Waals surface area (Å²) >= 11 is 1.77. The molecular weight excluding hydrogens is 220 g/mol. The van der Waals surface area contributed by atoms with E-state index in [9.17, 15) is 0 Å². The van der Waals surface area contributed by atoms with Crippen molar-refractivity contribution >= 4 is 11.3 Å². The lowest BCUT2D eigenvalue weighted by Crippen LogP contribution is -2.37. The molecule has 0 aliphatic rings. The van der Waals surface area contributed by atoms with Gasteiger partial charge in [0.05, 0.1) is 12.3 Å². The number of hydrogen-bond acceptors (Lipinski definition) is 4. The maximum atomic E-state index is 5.20. The summed E-state index contributed by atoms with van der Waals surface area (Å²) in [6.45, 7) is 10.2. The van der Waals surface area contributed by atoms with Crippen LogP contribution < -0.4 is 5.32 Å². The number of aryl methyl sites for hydroxylation is 2. The van der Waals surface area contributed by atoms with E-state index in [2.05, 4.69) is 38.0 Å². The maximum Gasteiger partial charge on any atom is 0.107 e. The van der Waals surface area contributed by atoms with Gasteiger partial charge in [-0.05, 0) is 19.8 Å². The minimum Gasteiger partial charge on any atom is -0.383 e. The number of nitrogens with zero attached hydrogens (tertiary/aromatic N) is 1. The summed E-state index contributed by atoms with van der Waals surface area (Å²) in [5, 5.41) is 4.66. The fourth-order valence-corrected chi connectivity index (χ4v) is 2.38. The van der Waals surface area contributed by atoms with Crippen LogP contribution in [0, 0.1) is 19.8 Å². The Hall–Kier alpha value is -0.450. The van der Waals surface area contributed by atoms with Crippen molar-refractivity contribution in [3.63, 3.8) is 0 Å². The Morgan fingerprint density at radius 1 is 1.38 bits per heavy atom. The van der Waals surface area contributed by atoms with Crippen molar-refractivity contribution < 1.29 is 4.74 Å². The Morgan fingerprint density at radius 3 is 2.50 bits per heavy atom. The summed E-state index contributed by atoms with van der Waals surface area (Å²) in [6.07, 6.45) is 0. The van der Waals surface area contributed by atoms with Crippen LogP contribution in [-0.2, 0) is 11.3 Å². The molecule has 3 nitrogen and oxygen atoms in total. The second-order valence-electron chi connectivity index (χ2n) is 4.44. The normalized spacial score (nSPS) is 13.4. The topological polar surface area (TPSA) is 34.1 Å². The number of thiazole rings is 1. The van der Waals surface area contributed by atoms with E-state index in [1.165, 1.54) is 4.88 Å². The smallest absolute Gasteiger partial charge is 0.107 e. The molecule has 0 aromatic carbocycles. The van der Waals surface area contributed by atoms with Crippen molar-refractivity contribution in [3.05, 3.63) is 15.6 Å². The fraction of sp³-hybridized carbons (Fsp3) is 0.750. The van der Waals surface area contributed by atoms with Crippen LogP contribution in [0.4, 0.5) is 0 Å². The largest absolute Gasteiger partial charge is 0.383 e. The Kier molecular flexibility index (Phi) is 5.38. The molecule has 16 heavy (non-hydrogen) atoms. The van der Waals surface area contributed by atoms with Gasteiger partial charge in [-0.1, -0.05) is 13.8 Å². The highest BCUT2D eigenvalue weighted by molar-refractivity contribution is 7.11. The first-order chi connectivity index (χ1) is 7.54. The zero-order chi connectivity index (χ0) is 12.1. The van der Waals surface area contributed by atoms with Gasteiger partial charge in [0, 0.05) is 24.6 Å². The first-order valence-electron chi connectivity index (χ1n) is 5.69. The molecule has 4 heteroatoms. The molecule has 1 aromatic rings. The van der Waals surface area contributed by atoms with Gasteiger partial charge in [0.2, 0.25) is 0 Å². The van der Waals surface area contributed by atoms with Crippen molar-refractivity contribution in [3.8, 4) is 0 Å². The summed E-state index contributed by atoms with van der Waals surface area (Å²) in [7, 11) is 1.74. The first-order valence-corrected chi connectivity index (χ1v) is 6.51. The van der Waals surface area contributed by atoms with Gasteiger partial charge in [-0.25, -0.2) is 4.98 Å². The van der Waals surface area contributed by atoms with Crippen LogP contribution >= 0.6 is 11.3 Å². The summed E-state index contributed by atoms with van der Waals surface area (Å²) in [5.41, 5.74) is 1.15. The van der Waals surface area contributed by atoms with E-state index in [0.717, 1.165) is 23.9 Å². The Labute approximate surface area is 102 Å². The zero-order valence-electron chi connectivity index (χ0n) is 10.8. The second kappa shape index (κ2) is 6.33. The monoisotopic (exact) mass is 242 g/mol. The van der Waals surface area contributed by atoms with Crippen LogP contribution in [0.2, 0.25) is 0 Å². The highest BCUT2D eigenvalue weighted by Gasteiger charge is 2.13. The van der Waals surface area contributed by atoms with Crippen LogP contribution in [0.1, 0.15) is 29.4 Å². The van der Waals surface area contributed by atoms with Crippen LogP contribution in [-0.4, -0.2) is 24.7 Å². The van der Waals surface area contributed by atoms with E-state index in [0.29, 0.717) is 12.0 Å². The van der Waals surface area contributed by atoms with E-state index in [4.69, 9.17) is 4.74 Å². The minimum absolute atomic E-state index is 0.398. The van der Waals surface area contributed by atoms with Crippen molar-refractivity contribution in [1.29, 1.82) is 0 Å².